The van der Waals surface area contributed by atoms with E-state index in [9.17, 15) is 8.42 Å². The van der Waals surface area contributed by atoms with Crippen molar-refractivity contribution >= 4 is 10.0 Å². The second-order valence-electron chi connectivity index (χ2n) is 8.04. The Hall–Kier alpha value is -2.78. The maximum atomic E-state index is 13.1. The number of aromatic nitrogens is 4. The van der Waals surface area contributed by atoms with Crippen LogP contribution in [0.4, 0.5) is 0 Å². The number of nitrogens with zero attached hydrogens (tertiary/aromatic N) is 5. The molecule has 0 spiro atoms. The molecular weight excluding hydrogens is 414 g/mol. The monoisotopic (exact) mass is 439 g/mol. The van der Waals surface area contributed by atoms with E-state index < -0.39 is 10.0 Å². The van der Waals surface area contributed by atoms with Gasteiger partial charge in [-0.25, -0.2) is 13.1 Å². The van der Waals surface area contributed by atoms with Crippen molar-refractivity contribution in [1.29, 1.82) is 0 Å². The highest BCUT2D eigenvalue weighted by Gasteiger charge is 2.31. The number of aryl methyl sites for hydroxylation is 2. The highest BCUT2D eigenvalue weighted by molar-refractivity contribution is 7.89. The van der Waals surface area contributed by atoms with Crippen LogP contribution in [0, 0.1) is 0 Å². The molecule has 1 fully saturated rings. The first kappa shape index (κ1) is 20.1. The van der Waals surface area contributed by atoms with Gasteiger partial charge < -0.3 is 4.74 Å². The van der Waals surface area contributed by atoms with E-state index in [1.807, 2.05) is 18.2 Å². The standard InChI is InChI=1S/C22H25N5O3S/c28-31(29,20-7-6-17-4-1-2-5-18(17)16-20)26-14-10-19(11-15-26)30-22-9-8-21(24-25-22)27-13-3-12-23-27/h3,6-9,12-13,16,19H,1-2,4-5,10-11,14-15H2. The van der Waals surface area contributed by atoms with Gasteiger partial charge in [0, 0.05) is 31.5 Å². The molecule has 0 amide bonds. The van der Waals surface area contributed by atoms with Crippen molar-refractivity contribution in [3.05, 3.63) is 59.9 Å². The molecule has 1 aliphatic carbocycles. The number of hydrogen-bond donors (Lipinski definition) is 0. The van der Waals surface area contributed by atoms with Gasteiger partial charge in [-0.2, -0.15) is 9.40 Å². The van der Waals surface area contributed by atoms with Crippen LogP contribution in [0.25, 0.3) is 5.82 Å². The van der Waals surface area contributed by atoms with Crippen molar-refractivity contribution in [3.63, 3.8) is 0 Å². The fourth-order valence-electron chi connectivity index (χ4n) is 4.28. The number of sulfonamides is 1. The van der Waals surface area contributed by atoms with Crippen LogP contribution >= 0.6 is 0 Å². The third-order valence-electron chi connectivity index (χ3n) is 6.01. The van der Waals surface area contributed by atoms with Crippen LogP contribution in [0.5, 0.6) is 5.88 Å². The second kappa shape index (κ2) is 8.39. The van der Waals surface area contributed by atoms with Crippen LogP contribution in [0.15, 0.2) is 53.7 Å². The molecular formula is C22H25N5O3S. The van der Waals surface area contributed by atoms with E-state index >= 15 is 0 Å². The molecule has 1 saturated heterocycles. The third kappa shape index (κ3) is 4.20. The van der Waals surface area contributed by atoms with E-state index in [4.69, 9.17) is 4.74 Å². The Labute approximate surface area is 181 Å². The summed E-state index contributed by atoms with van der Waals surface area (Å²) in [5.41, 5.74) is 2.47. The van der Waals surface area contributed by atoms with Crippen molar-refractivity contribution in [3.8, 4) is 11.7 Å². The molecule has 1 aliphatic heterocycles. The van der Waals surface area contributed by atoms with E-state index in [1.54, 1.807) is 39.6 Å². The summed E-state index contributed by atoms with van der Waals surface area (Å²) in [5.74, 6) is 1.05. The normalized spacial score (nSPS) is 17.9. The first-order chi connectivity index (χ1) is 15.1. The Kier molecular flexibility index (Phi) is 5.45. The molecule has 0 atom stereocenters. The molecule has 0 N–H and O–H groups in total. The largest absolute Gasteiger partial charge is 0.473 e. The number of ether oxygens (including phenoxy) is 1. The minimum atomic E-state index is -3.48. The summed E-state index contributed by atoms with van der Waals surface area (Å²) in [5, 5.41) is 12.4. The van der Waals surface area contributed by atoms with E-state index in [1.165, 1.54) is 17.5 Å². The van der Waals surface area contributed by atoms with Crippen molar-refractivity contribution in [2.45, 2.75) is 49.5 Å². The SMILES string of the molecule is O=S(=O)(c1ccc2c(c1)CCCC2)N1CCC(Oc2ccc(-n3cccn3)nn2)CC1. The smallest absolute Gasteiger partial charge is 0.243 e. The Morgan fingerprint density at radius 2 is 1.77 bits per heavy atom. The molecule has 3 heterocycles. The quantitative estimate of drug-likeness (QED) is 0.607. The summed E-state index contributed by atoms with van der Waals surface area (Å²) in [7, 11) is -3.48. The highest BCUT2D eigenvalue weighted by Crippen LogP contribution is 2.27. The summed E-state index contributed by atoms with van der Waals surface area (Å²) in [6.07, 6.45) is 8.95. The Morgan fingerprint density at radius 3 is 2.48 bits per heavy atom. The van der Waals surface area contributed by atoms with Gasteiger partial charge in [-0.15, -0.1) is 10.2 Å². The molecule has 0 saturated carbocycles. The Morgan fingerprint density at radius 1 is 0.968 bits per heavy atom. The average Bonchev–Trinajstić information content (AvgIpc) is 3.35. The van der Waals surface area contributed by atoms with Crippen LogP contribution in [0.2, 0.25) is 0 Å². The predicted octanol–water partition coefficient (Wildman–Crippen LogP) is 2.77. The van der Waals surface area contributed by atoms with Gasteiger partial charge in [0.05, 0.1) is 4.90 Å². The molecule has 2 aromatic heterocycles. The van der Waals surface area contributed by atoms with Gasteiger partial charge in [-0.3, -0.25) is 0 Å². The highest BCUT2D eigenvalue weighted by atomic mass is 32.2. The van der Waals surface area contributed by atoms with E-state index in [0.29, 0.717) is 42.5 Å². The number of benzene rings is 1. The topological polar surface area (TPSA) is 90.2 Å². The number of rotatable bonds is 5. The van der Waals surface area contributed by atoms with Gasteiger partial charge in [0.15, 0.2) is 5.82 Å². The van der Waals surface area contributed by atoms with Crippen LogP contribution < -0.4 is 4.74 Å². The zero-order chi connectivity index (χ0) is 21.3. The Balaban J connectivity index is 1.21. The molecule has 0 bridgehead atoms. The first-order valence-corrected chi connectivity index (χ1v) is 12.2. The Bertz CT molecular complexity index is 1140. The minimum absolute atomic E-state index is 0.0835. The summed E-state index contributed by atoms with van der Waals surface area (Å²) in [6.45, 7) is 0.867. The molecule has 3 aromatic rings. The van der Waals surface area contributed by atoms with Gasteiger partial charge in [-0.1, -0.05) is 6.07 Å². The lowest BCUT2D eigenvalue weighted by atomic mass is 9.92. The van der Waals surface area contributed by atoms with Crippen LogP contribution in [-0.4, -0.2) is 51.9 Å². The first-order valence-electron chi connectivity index (χ1n) is 10.7. The molecule has 8 nitrogen and oxygen atoms in total. The van der Waals surface area contributed by atoms with Gasteiger partial charge in [-0.05, 0) is 73.9 Å². The van der Waals surface area contributed by atoms with E-state index in [0.717, 1.165) is 19.3 Å². The maximum absolute atomic E-state index is 13.1. The maximum Gasteiger partial charge on any atom is 0.243 e. The molecule has 9 heteroatoms. The third-order valence-corrected chi connectivity index (χ3v) is 7.91. The van der Waals surface area contributed by atoms with Crippen LogP contribution in [0.3, 0.4) is 0 Å². The predicted molar refractivity (Wildman–Crippen MR) is 115 cm³/mol. The van der Waals surface area contributed by atoms with Crippen LogP contribution in [-0.2, 0) is 22.9 Å². The van der Waals surface area contributed by atoms with E-state index in [2.05, 4.69) is 15.3 Å². The second-order valence-corrected chi connectivity index (χ2v) is 9.98. The zero-order valence-corrected chi connectivity index (χ0v) is 18.0. The van der Waals surface area contributed by atoms with Gasteiger partial charge in [0.1, 0.15) is 6.10 Å². The van der Waals surface area contributed by atoms with Crippen molar-refractivity contribution in [1.82, 2.24) is 24.3 Å². The van der Waals surface area contributed by atoms with E-state index in [-0.39, 0.29) is 6.10 Å². The number of piperidine rings is 1. The average molecular weight is 440 g/mol. The minimum Gasteiger partial charge on any atom is -0.473 e. The summed E-state index contributed by atoms with van der Waals surface area (Å²) >= 11 is 0. The van der Waals surface area contributed by atoms with Crippen molar-refractivity contribution < 1.29 is 13.2 Å². The number of hydrogen-bond acceptors (Lipinski definition) is 6. The summed E-state index contributed by atoms with van der Waals surface area (Å²) < 4.78 is 35.4. The lowest BCUT2D eigenvalue weighted by molar-refractivity contribution is 0.128. The van der Waals surface area contributed by atoms with Gasteiger partial charge >= 0.3 is 0 Å². The van der Waals surface area contributed by atoms with Gasteiger partial charge in [0.2, 0.25) is 15.9 Å². The molecule has 31 heavy (non-hydrogen) atoms. The molecule has 162 valence electrons. The molecule has 1 aromatic carbocycles. The van der Waals surface area contributed by atoms with Crippen molar-refractivity contribution in [2.24, 2.45) is 0 Å². The van der Waals surface area contributed by atoms with Crippen molar-refractivity contribution in [2.75, 3.05) is 13.1 Å². The summed E-state index contributed by atoms with van der Waals surface area (Å²) in [6, 6.07) is 11.0. The fourth-order valence-corrected chi connectivity index (χ4v) is 5.80. The number of fused-ring (bicyclic) bond motifs is 1. The molecule has 2 aliphatic rings. The lowest BCUT2D eigenvalue weighted by Crippen LogP contribution is -2.41. The summed E-state index contributed by atoms with van der Waals surface area (Å²) in [4.78, 5) is 0.410. The van der Waals surface area contributed by atoms with Crippen LogP contribution in [0.1, 0.15) is 36.8 Å². The zero-order valence-electron chi connectivity index (χ0n) is 17.2. The molecule has 0 radical (unpaired) electrons. The molecule has 0 unspecified atom stereocenters. The molecule has 5 rings (SSSR count). The fraction of sp³-hybridized carbons (Fsp3) is 0.409. The lowest BCUT2D eigenvalue weighted by Gasteiger charge is -2.31. The van der Waals surface area contributed by atoms with Gasteiger partial charge in [0.25, 0.3) is 0 Å².